The largest absolute Gasteiger partial charge is 0.465 e. The van der Waals surface area contributed by atoms with Gasteiger partial charge >= 0.3 is 11.9 Å². The van der Waals surface area contributed by atoms with E-state index in [0.717, 1.165) is 0 Å². The molecule has 1 rings (SSSR count). The van der Waals surface area contributed by atoms with Gasteiger partial charge in [0, 0.05) is 4.47 Å². The second kappa shape index (κ2) is 6.77. The average molecular weight is 351 g/mol. The molecule has 0 aliphatic carbocycles. The summed E-state index contributed by atoms with van der Waals surface area (Å²) in [5.74, 6) is -1.23. The molecule has 0 atom stereocenters. The third-order valence-corrected chi connectivity index (χ3v) is 3.33. The maximum atomic E-state index is 11.8. The summed E-state index contributed by atoms with van der Waals surface area (Å²) in [6, 6.07) is 1.38. The topological polar surface area (TPSA) is 78.6 Å². The number of hydrogen-bond donors (Lipinski definition) is 1. The number of methoxy groups -OCH3 is 1. The SMILES string of the molecule is CCCOC(=O)c1c(Br)cc(C(=O)OC)c(Cl)c1N. The van der Waals surface area contributed by atoms with Gasteiger partial charge in [-0.15, -0.1) is 0 Å². The first-order chi connectivity index (χ1) is 8.93. The first-order valence-electron chi connectivity index (χ1n) is 5.46. The van der Waals surface area contributed by atoms with Crippen molar-refractivity contribution in [2.75, 3.05) is 19.5 Å². The van der Waals surface area contributed by atoms with Crippen LogP contribution in [0.25, 0.3) is 0 Å². The van der Waals surface area contributed by atoms with Crippen molar-refractivity contribution in [2.45, 2.75) is 13.3 Å². The Hall–Kier alpha value is -1.27. The number of rotatable bonds is 4. The van der Waals surface area contributed by atoms with Gasteiger partial charge in [-0.1, -0.05) is 18.5 Å². The predicted octanol–water partition coefficient (Wildman–Crippen LogP) is 3.04. The summed E-state index contributed by atoms with van der Waals surface area (Å²) < 4.78 is 9.90. The lowest BCUT2D eigenvalue weighted by molar-refractivity contribution is 0.0503. The molecule has 0 bridgehead atoms. The lowest BCUT2D eigenvalue weighted by Gasteiger charge is -2.12. The zero-order chi connectivity index (χ0) is 14.6. The molecule has 0 unspecified atom stereocenters. The molecule has 0 saturated carbocycles. The minimum atomic E-state index is -0.633. The van der Waals surface area contributed by atoms with E-state index in [1.807, 2.05) is 6.92 Å². The van der Waals surface area contributed by atoms with E-state index in [1.165, 1.54) is 13.2 Å². The fourth-order valence-electron chi connectivity index (χ4n) is 1.38. The Morgan fingerprint density at radius 1 is 1.42 bits per heavy atom. The third-order valence-electron chi connectivity index (χ3n) is 2.30. The van der Waals surface area contributed by atoms with Gasteiger partial charge in [0.25, 0.3) is 0 Å². The van der Waals surface area contributed by atoms with Crippen molar-refractivity contribution in [3.05, 3.63) is 26.7 Å². The van der Waals surface area contributed by atoms with Crippen molar-refractivity contribution < 1.29 is 19.1 Å². The number of nitrogens with two attached hydrogens (primary N) is 1. The van der Waals surface area contributed by atoms with Gasteiger partial charge < -0.3 is 15.2 Å². The van der Waals surface area contributed by atoms with Gasteiger partial charge in [-0.25, -0.2) is 9.59 Å². The van der Waals surface area contributed by atoms with Gasteiger partial charge in [0.15, 0.2) is 0 Å². The van der Waals surface area contributed by atoms with Crippen LogP contribution in [0, 0.1) is 0 Å². The smallest absolute Gasteiger partial charge is 0.341 e. The number of halogens is 2. The van der Waals surface area contributed by atoms with E-state index in [4.69, 9.17) is 22.1 Å². The zero-order valence-corrected chi connectivity index (χ0v) is 12.8. The highest BCUT2D eigenvalue weighted by atomic mass is 79.9. The van der Waals surface area contributed by atoms with Crippen molar-refractivity contribution in [2.24, 2.45) is 0 Å². The monoisotopic (exact) mass is 349 g/mol. The molecule has 19 heavy (non-hydrogen) atoms. The summed E-state index contributed by atoms with van der Waals surface area (Å²) in [4.78, 5) is 23.3. The minimum absolute atomic E-state index is 0.0162. The van der Waals surface area contributed by atoms with E-state index >= 15 is 0 Å². The van der Waals surface area contributed by atoms with E-state index in [9.17, 15) is 9.59 Å². The molecule has 5 nitrogen and oxygen atoms in total. The van der Waals surface area contributed by atoms with E-state index in [1.54, 1.807) is 0 Å². The molecule has 0 aliphatic rings. The van der Waals surface area contributed by atoms with Crippen molar-refractivity contribution >= 4 is 45.2 Å². The lowest BCUT2D eigenvalue weighted by atomic mass is 10.1. The molecule has 0 heterocycles. The first-order valence-corrected chi connectivity index (χ1v) is 6.64. The van der Waals surface area contributed by atoms with E-state index in [-0.39, 0.29) is 28.4 Å². The molecule has 0 aromatic heterocycles. The van der Waals surface area contributed by atoms with E-state index < -0.39 is 11.9 Å². The minimum Gasteiger partial charge on any atom is -0.465 e. The molecular formula is C12H13BrClNO4. The Kier molecular flexibility index (Phi) is 5.62. The lowest BCUT2D eigenvalue weighted by Crippen LogP contribution is -2.13. The van der Waals surface area contributed by atoms with Gasteiger partial charge in [-0.3, -0.25) is 0 Å². The highest BCUT2D eigenvalue weighted by Gasteiger charge is 2.23. The van der Waals surface area contributed by atoms with Crippen LogP contribution in [0.4, 0.5) is 5.69 Å². The Morgan fingerprint density at radius 2 is 2.05 bits per heavy atom. The number of ether oxygens (including phenoxy) is 2. The Morgan fingerprint density at radius 3 is 2.58 bits per heavy atom. The van der Waals surface area contributed by atoms with Gasteiger partial charge in [-0.05, 0) is 28.4 Å². The number of anilines is 1. The van der Waals surface area contributed by atoms with Crippen molar-refractivity contribution in [1.82, 2.24) is 0 Å². The zero-order valence-electron chi connectivity index (χ0n) is 10.5. The van der Waals surface area contributed by atoms with Crippen LogP contribution in [0.15, 0.2) is 10.5 Å². The van der Waals surface area contributed by atoms with Crippen LogP contribution in [0.1, 0.15) is 34.1 Å². The molecule has 0 fully saturated rings. The molecule has 0 radical (unpaired) electrons. The predicted molar refractivity (Wildman–Crippen MR) is 75.5 cm³/mol. The number of carbonyl (C=O) groups is 2. The fraction of sp³-hybridized carbons (Fsp3) is 0.333. The summed E-state index contributed by atoms with van der Waals surface area (Å²) in [5, 5.41) is -0.0292. The molecular weight excluding hydrogens is 337 g/mol. The molecule has 0 aliphatic heterocycles. The molecule has 0 amide bonds. The van der Waals surface area contributed by atoms with Crippen LogP contribution in [-0.4, -0.2) is 25.7 Å². The third kappa shape index (κ3) is 3.39. The number of nitrogen functional groups attached to an aromatic ring is 1. The van der Waals surface area contributed by atoms with Gasteiger partial charge in [0.1, 0.15) is 0 Å². The molecule has 0 spiro atoms. The fourth-order valence-corrected chi connectivity index (χ4v) is 2.21. The number of carbonyl (C=O) groups excluding carboxylic acids is 2. The summed E-state index contributed by atoms with van der Waals surface area (Å²) in [7, 11) is 1.23. The Labute approximate surface area is 124 Å². The molecule has 1 aromatic rings. The van der Waals surface area contributed by atoms with Crippen molar-refractivity contribution in [3.63, 3.8) is 0 Å². The highest BCUT2D eigenvalue weighted by molar-refractivity contribution is 9.10. The average Bonchev–Trinajstić information content (AvgIpc) is 2.39. The molecule has 104 valence electrons. The maximum absolute atomic E-state index is 11.8. The quantitative estimate of drug-likeness (QED) is 0.667. The van der Waals surface area contributed by atoms with Crippen molar-refractivity contribution in [3.8, 4) is 0 Å². The van der Waals surface area contributed by atoms with Crippen LogP contribution in [0.2, 0.25) is 5.02 Å². The summed E-state index contributed by atoms with van der Waals surface area (Å²) in [6.45, 7) is 2.15. The van der Waals surface area contributed by atoms with Gasteiger partial charge in [0.2, 0.25) is 0 Å². The van der Waals surface area contributed by atoms with Crippen LogP contribution >= 0.6 is 27.5 Å². The summed E-state index contributed by atoms with van der Waals surface area (Å²) in [6.07, 6.45) is 0.692. The van der Waals surface area contributed by atoms with E-state index in [2.05, 4.69) is 20.7 Å². The van der Waals surface area contributed by atoms with Crippen LogP contribution < -0.4 is 5.73 Å². The highest BCUT2D eigenvalue weighted by Crippen LogP contribution is 2.34. The van der Waals surface area contributed by atoms with Gasteiger partial charge in [-0.2, -0.15) is 0 Å². The van der Waals surface area contributed by atoms with Crippen LogP contribution in [0.3, 0.4) is 0 Å². The van der Waals surface area contributed by atoms with E-state index in [0.29, 0.717) is 10.9 Å². The first kappa shape index (κ1) is 15.8. The second-order valence-electron chi connectivity index (χ2n) is 3.64. The second-order valence-corrected chi connectivity index (χ2v) is 4.87. The Bertz CT molecular complexity index is 519. The molecule has 1 aromatic carbocycles. The maximum Gasteiger partial charge on any atom is 0.341 e. The van der Waals surface area contributed by atoms with Crippen molar-refractivity contribution in [1.29, 1.82) is 0 Å². The van der Waals surface area contributed by atoms with Crippen LogP contribution in [0.5, 0.6) is 0 Å². The van der Waals surface area contributed by atoms with Gasteiger partial charge in [0.05, 0.1) is 35.6 Å². The summed E-state index contributed by atoms with van der Waals surface area (Å²) >= 11 is 9.14. The molecule has 2 N–H and O–H groups in total. The molecule has 0 saturated heterocycles. The number of benzene rings is 1. The summed E-state index contributed by atoms with van der Waals surface area (Å²) in [5.41, 5.74) is 5.95. The standard InChI is InChI=1S/C12H13BrClNO4/c1-3-4-19-12(17)8-7(13)5-6(11(16)18-2)9(14)10(8)15/h5H,3-4,15H2,1-2H3. The molecule has 7 heteroatoms. The Balaban J connectivity index is 3.26. The normalized spacial score (nSPS) is 10.1. The van der Waals surface area contributed by atoms with Crippen LogP contribution in [-0.2, 0) is 9.47 Å². The number of esters is 2. The number of hydrogen-bond acceptors (Lipinski definition) is 5.